The summed E-state index contributed by atoms with van der Waals surface area (Å²) in [5, 5.41) is 13.0. The van der Waals surface area contributed by atoms with Gasteiger partial charge in [-0.2, -0.15) is 0 Å². The second-order valence-electron chi connectivity index (χ2n) is 7.72. The van der Waals surface area contributed by atoms with E-state index < -0.39 is 6.10 Å². The number of hydrogen-bond acceptors (Lipinski definition) is 3. The second kappa shape index (κ2) is 8.20. The molecule has 1 N–H and O–H groups in total. The van der Waals surface area contributed by atoms with Crippen molar-refractivity contribution in [1.29, 1.82) is 0 Å². The average Bonchev–Trinajstić information content (AvgIpc) is 2.91. The predicted molar refractivity (Wildman–Crippen MR) is 121 cm³/mol. The largest absolute Gasteiger partial charge is 0.389 e. The lowest BCUT2D eigenvalue weighted by molar-refractivity contribution is -0.147. The molecule has 1 saturated heterocycles. The highest BCUT2D eigenvalue weighted by Gasteiger charge is 2.30. The lowest BCUT2D eigenvalue weighted by Crippen LogP contribution is -2.43. The van der Waals surface area contributed by atoms with Crippen LogP contribution < -0.4 is 0 Å². The normalized spacial score (nSPS) is 19.2. The van der Waals surface area contributed by atoms with Crippen molar-refractivity contribution >= 4 is 65.5 Å². The molecule has 0 saturated carbocycles. The van der Waals surface area contributed by atoms with Gasteiger partial charge in [0.1, 0.15) is 0 Å². The Morgan fingerprint density at radius 1 is 1.03 bits per heavy atom. The van der Waals surface area contributed by atoms with Crippen molar-refractivity contribution in [1.82, 2.24) is 9.47 Å². The van der Waals surface area contributed by atoms with Gasteiger partial charge in [-0.3, -0.25) is 14.5 Å². The SMILES string of the molecule is C[C@@H]1CCCC(=O)N(C[C@@H](O)Cn2c3ccc(Br)cc3c3cc(Br)ccc32)C1=O. The summed E-state index contributed by atoms with van der Waals surface area (Å²) in [5.74, 6) is -0.549. The Hall–Kier alpha value is -1.70. The quantitative estimate of drug-likeness (QED) is 0.499. The molecule has 0 unspecified atom stereocenters. The number of halogens is 2. The lowest BCUT2D eigenvalue weighted by atomic mass is 10.1. The van der Waals surface area contributed by atoms with Crippen molar-refractivity contribution in [2.45, 2.75) is 38.8 Å². The summed E-state index contributed by atoms with van der Waals surface area (Å²) in [4.78, 5) is 26.2. The first kappa shape index (κ1) is 20.6. The Morgan fingerprint density at radius 2 is 1.62 bits per heavy atom. The molecule has 152 valence electrons. The zero-order chi connectivity index (χ0) is 20.7. The summed E-state index contributed by atoms with van der Waals surface area (Å²) in [7, 11) is 0. The molecule has 1 fully saturated rings. The molecule has 0 aliphatic carbocycles. The number of hydrogen-bond donors (Lipinski definition) is 1. The van der Waals surface area contributed by atoms with Crippen LogP contribution in [0.2, 0.25) is 0 Å². The number of carbonyl (C=O) groups is 2. The summed E-state index contributed by atoms with van der Waals surface area (Å²) < 4.78 is 4.03. The van der Waals surface area contributed by atoms with Crippen LogP contribution >= 0.6 is 31.9 Å². The minimum Gasteiger partial charge on any atom is -0.389 e. The third-order valence-corrected chi connectivity index (χ3v) is 6.58. The molecule has 7 heteroatoms. The smallest absolute Gasteiger partial charge is 0.232 e. The molecule has 1 aromatic heterocycles. The monoisotopic (exact) mass is 520 g/mol. The van der Waals surface area contributed by atoms with Gasteiger partial charge in [0.15, 0.2) is 0 Å². The number of β-amino-alcohol motifs (C(OH)–C–C–N with tert-alkyl or cyclic N) is 1. The summed E-state index contributed by atoms with van der Waals surface area (Å²) >= 11 is 7.07. The molecule has 2 atom stereocenters. The number of carbonyl (C=O) groups excluding carboxylic acids is 2. The topological polar surface area (TPSA) is 62.5 Å². The van der Waals surface area contributed by atoms with Gasteiger partial charge < -0.3 is 9.67 Å². The molecule has 1 aliphatic rings. The van der Waals surface area contributed by atoms with E-state index in [2.05, 4.69) is 48.6 Å². The van der Waals surface area contributed by atoms with Crippen LogP contribution in [0.4, 0.5) is 0 Å². The first-order valence-electron chi connectivity index (χ1n) is 9.74. The third kappa shape index (κ3) is 4.00. The summed E-state index contributed by atoms with van der Waals surface area (Å²) in [6.45, 7) is 2.17. The van der Waals surface area contributed by atoms with Crippen LogP contribution in [0, 0.1) is 5.92 Å². The number of aromatic nitrogens is 1. The number of nitrogens with zero attached hydrogens (tertiary/aromatic N) is 2. The van der Waals surface area contributed by atoms with E-state index in [4.69, 9.17) is 0 Å². The molecule has 4 rings (SSSR count). The fourth-order valence-electron chi connectivity index (χ4n) is 4.12. The van der Waals surface area contributed by atoms with Crippen LogP contribution in [0.3, 0.4) is 0 Å². The predicted octanol–water partition coefficient (Wildman–Crippen LogP) is 4.86. The number of aliphatic hydroxyl groups is 1. The number of aliphatic hydroxyl groups excluding tert-OH is 1. The first-order chi connectivity index (χ1) is 13.8. The fourth-order valence-corrected chi connectivity index (χ4v) is 4.85. The molecule has 2 heterocycles. The second-order valence-corrected chi connectivity index (χ2v) is 9.55. The van der Waals surface area contributed by atoms with Gasteiger partial charge in [-0.05, 0) is 49.2 Å². The van der Waals surface area contributed by atoms with Gasteiger partial charge in [-0.15, -0.1) is 0 Å². The Morgan fingerprint density at radius 3 is 2.21 bits per heavy atom. The molecule has 3 aromatic rings. The van der Waals surface area contributed by atoms with Crippen LogP contribution in [-0.4, -0.2) is 39.0 Å². The summed E-state index contributed by atoms with van der Waals surface area (Å²) in [6.07, 6.45) is 0.947. The number of amides is 2. The van der Waals surface area contributed by atoms with E-state index in [-0.39, 0.29) is 24.3 Å². The van der Waals surface area contributed by atoms with Gasteiger partial charge in [-0.1, -0.05) is 38.8 Å². The number of fused-ring (bicyclic) bond motifs is 3. The highest BCUT2D eigenvalue weighted by molar-refractivity contribution is 9.10. The molecule has 2 aromatic carbocycles. The van der Waals surface area contributed by atoms with Crippen molar-refractivity contribution in [2.75, 3.05) is 6.54 Å². The average molecular weight is 522 g/mol. The van der Waals surface area contributed by atoms with Crippen molar-refractivity contribution in [3.05, 3.63) is 45.3 Å². The minimum atomic E-state index is -0.848. The molecule has 0 radical (unpaired) electrons. The van der Waals surface area contributed by atoms with Gasteiger partial charge in [0.2, 0.25) is 11.8 Å². The molecule has 0 bridgehead atoms. The van der Waals surface area contributed by atoms with E-state index in [1.807, 2.05) is 31.2 Å². The van der Waals surface area contributed by atoms with Gasteiger partial charge in [0.05, 0.1) is 19.2 Å². The standard InChI is InChI=1S/C22H22Br2N2O3/c1-13-3-2-4-21(28)26(22(13)29)12-16(27)11-25-19-7-5-14(23)9-17(19)18-10-15(24)6-8-20(18)25/h5-10,13,16,27H,2-4,11-12H2,1H3/t13-,16+/m1/s1. The minimum absolute atomic E-state index is 0.0240. The Kier molecular flexibility index (Phi) is 5.82. The van der Waals surface area contributed by atoms with E-state index in [0.29, 0.717) is 19.4 Å². The molecule has 2 amide bonds. The highest BCUT2D eigenvalue weighted by Crippen LogP contribution is 2.33. The number of likely N-dealkylation sites (tertiary alicyclic amines) is 1. The fraction of sp³-hybridized carbons (Fsp3) is 0.364. The maximum atomic E-state index is 12.6. The Labute approximate surface area is 185 Å². The lowest BCUT2D eigenvalue weighted by Gasteiger charge is -2.24. The van der Waals surface area contributed by atoms with Gasteiger partial charge in [0.25, 0.3) is 0 Å². The summed E-state index contributed by atoms with van der Waals surface area (Å²) in [5.41, 5.74) is 2.00. The van der Waals surface area contributed by atoms with Crippen LogP contribution in [0.15, 0.2) is 45.3 Å². The van der Waals surface area contributed by atoms with Crippen molar-refractivity contribution in [2.24, 2.45) is 5.92 Å². The van der Waals surface area contributed by atoms with Crippen LogP contribution in [-0.2, 0) is 16.1 Å². The van der Waals surface area contributed by atoms with Crippen molar-refractivity contribution < 1.29 is 14.7 Å². The third-order valence-electron chi connectivity index (χ3n) is 5.59. The van der Waals surface area contributed by atoms with Crippen molar-refractivity contribution in [3.8, 4) is 0 Å². The molecule has 5 nitrogen and oxygen atoms in total. The Bertz CT molecular complexity index is 1050. The maximum absolute atomic E-state index is 12.6. The number of benzene rings is 2. The van der Waals surface area contributed by atoms with E-state index in [1.165, 1.54) is 4.90 Å². The van der Waals surface area contributed by atoms with E-state index >= 15 is 0 Å². The molecule has 0 spiro atoms. The molecular formula is C22H22Br2N2O3. The van der Waals surface area contributed by atoms with E-state index in [0.717, 1.165) is 37.2 Å². The number of imide groups is 1. The van der Waals surface area contributed by atoms with E-state index in [1.54, 1.807) is 0 Å². The maximum Gasteiger partial charge on any atom is 0.232 e. The van der Waals surface area contributed by atoms with Crippen LogP contribution in [0.25, 0.3) is 21.8 Å². The number of rotatable bonds is 4. The van der Waals surface area contributed by atoms with Gasteiger partial charge >= 0.3 is 0 Å². The Balaban J connectivity index is 1.68. The van der Waals surface area contributed by atoms with Gasteiger partial charge in [-0.25, -0.2) is 0 Å². The molecular weight excluding hydrogens is 500 g/mol. The van der Waals surface area contributed by atoms with Crippen LogP contribution in [0.5, 0.6) is 0 Å². The van der Waals surface area contributed by atoms with Gasteiger partial charge in [0, 0.05) is 43.1 Å². The molecule has 1 aliphatic heterocycles. The first-order valence-corrected chi connectivity index (χ1v) is 11.3. The summed E-state index contributed by atoms with van der Waals surface area (Å²) in [6, 6.07) is 12.1. The highest BCUT2D eigenvalue weighted by atomic mass is 79.9. The zero-order valence-corrected chi connectivity index (χ0v) is 19.2. The van der Waals surface area contributed by atoms with Crippen molar-refractivity contribution in [3.63, 3.8) is 0 Å². The molecule has 29 heavy (non-hydrogen) atoms. The van der Waals surface area contributed by atoms with E-state index in [9.17, 15) is 14.7 Å². The zero-order valence-electron chi connectivity index (χ0n) is 16.1. The van der Waals surface area contributed by atoms with Crippen LogP contribution in [0.1, 0.15) is 26.2 Å².